The van der Waals surface area contributed by atoms with Crippen LogP contribution in [-0.2, 0) is 0 Å². The van der Waals surface area contributed by atoms with Gasteiger partial charge in [-0.25, -0.2) is 4.90 Å². The third kappa shape index (κ3) is 1.82. The first kappa shape index (κ1) is 12.6. The molecular formula is C15H7BrN2O2. The minimum Gasteiger partial charge on any atom is -0.268 e. The summed E-state index contributed by atoms with van der Waals surface area (Å²) in [7, 11) is 0. The zero-order chi connectivity index (χ0) is 14.3. The van der Waals surface area contributed by atoms with E-state index in [1.807, 2.05) is 6.07 Å². The maximum absolute atomic E-state index is 12.4. The van der Waals surface area contributed by atoms with E-state index < -0.39 is 0 Å². The minimum absolute atomic E-state index is 0.367. The van der Waals surface area contributed by atoms with Crippen LogP contribution in [0.15, 0.2) is 46.9 Å². The lowest BCUT2D eigenvalue weighted by atomic mass is 10.1. The molecule has 0 radical (unpaired) electrons. The van der Waals surface area contributed by atoms with Crippen molar-refractivity contribution in [3.05, 3.63) is 63.6 Å². The van der Waals surface area contributed by atoms with Crippen molar-refractivity contribution in [2.45, 2.75) is 0 Å². The molecule has 0 saturated heterocycles. The SMILES string of the molecule is N#Cc1cccc(N2C(=O)c3ccc(Br)cc3C2=O)c1. The molecule has 5 heteroatoms. The van der Waals surface area contributed by atoms with Crippen molar-refractivity contribution in [2.75, 3.05) is 4.90 Å². The Hall–Kier alpha value is -2.45. The van der Waals surface area contributed by atoms with Gasteiger partial charge in [0.25, 0.3) is 11.8 Å². The third-order valence-electron chi connectivity index (χ3n) is 3.08. The second kappa shape index (κ2) is 4.58. The molecule has 0 N–H and O–H groups in total. The van der Waals surface area contributed by atoms with Gasteiger partial charge in [0.15, 0.2) is 0 Å². The monoisotopic (exact) mass is 326 g/mol. The zero-order valence-electron chi connectivity index (χ0n) is 10.1. The molecule has 4 nitrogen and oxygen atoms in total. The van der Waals surface area contributed by atoms with Crippen LogP contribution in [0.4, 0.5) is 5.69 Å². The molecule has 2 aromatic rings. The molecule has 3 rings (SSSR count). The zero-order valence-corrected chi connectivity index (χ0v) is 11.7. The number of hydrogen-bond donors (Lipinski definition) is 0. The highest BCUT2D eigenvalue weighted by Gasteiger charge is 2.36. The molecule has 1 aliphatic rings. The smallest absolute Gasteiger partial charge is 0.266 e. The van der Waals surface area contributed by atoms with Crippen LogP contribution >= 0.6 is 15.9 Å². The normalized spacial score (nSPS) is 13.3. The number of hydrogen-bond acceptors (Lipinski definition) is 3. The summed E-state index contributed by atoms with van der Waals surface area (Å²) in [5, 5.41) is 8.90. The third-order valence-corrected chi connectivity index (χ3v) is 3.58. The van der Waals surface area contributed by atoms with Crippen LogP contribution in [0.3, 0.4) is 0 Å². The number of fused-ring (bicyclic) bond motifs is 1. The molecule has 2 aromatic carbocycles. The summed E-state index contributed by atoms with van der Waals surface area (Å²) in [6.07, 6.45) is 0. The molecule has 20 heavy (non-hydrogen) atoms. The Bertz CT molecular complexity index is 793. The van der Waals surface area contributed by atoms with Crippen molar-refractivity contribution >= 4 is 33.4 Å². The summed E-state index contributed by atoms with van der Waals surface area (Å²) >= 11 is 3.29. The number of nitrogens with zero attached hydrogens (tertiary/aromatic N) is 2. The first-order valence-corrected chi connectivity index (χ1v) is 6.59. The highest BCUT2D eigenvalue weighted by Crippen LogP contribution is 2.30. The van der Waals surface area contributed by atoms with Crippen LogP contribution in [-0.4, -0.2) is 11.8 Å². The average Bonchev–Trinajstić information content (AvgIpc) is 2.70. The number of benzene rings is 2. The average molecular weight is 327 g/mol. The predicted octanol–water partition coefficient (Wildman–Crippen LogP) is 3.12. The van der Waals surface area contributed by atoms with Crippen molar-refractivity contribution < 1.29 is 9.59 Å². The Morgan fingerprint density at radius 2 is 1.75 bits per heavy atom. The van der Waals surface area contributed by atoms with Crippen LogP contribution in [0.25, 0.3) is 0 Å². The maximum Gasteiger partial charge on any atom is 0.266 e. The molecule has 0 unspecified atom stereocenters. The Morgan fingerprint density at radius 3 is 2.50 bits per heavy atom. The summed E-state index contributed by atoms with van der Waals surface area (Å²) in [4.78, 5) is 25.8. The minimum atomic E-state index is -0.374. The molecule has 1 aliphatic heterocycles. The van der Waals surface area contributed by atoms with Gasteiger partial charge in [-0.1, -0.05) is 22.0 Å². The van der Waals surface area contributed by atoms with E-state index in [0.717, 1.165) is 9.37 Å². The van der Waals surface area contributed by atoms with Gasteiger partial charge in [0.1, 0.15) is 0 Å². The topological polar surface area (TPSA) is 61.2 Å². The van der Waals surface area contributed by atoms with Gasteiger partial charge >= 0.3 is 0 Å². The van der Waals surface area contributed by atoms with Crippen molar-refractivity contribution in [3.63, 3.8) is 0 Å². The lowest BCUT2D eigenvalue weighted by Crippen LogP contribution is -2.29. The molecule has 0 spiro atoms. The highest BCUT2D eigenvalue weighted by atomic mass is 79.9. The van der Waals surface area contributed by atoms with Crippen LogP contribution < -0.4 is 4.90 Å². The summed E-state index contributed by atoms with van der Waals surface area (Å²) < 4.78 is 0.741. The number of imide groups is 1. The second-order valence-corrected chi connectivity index (χ2v) is 5.21. The first-order chi connectivity index (χ1) is 9.61. The Balaban J connectivity index is 2.12. The van der Waals surface area contributed by atoms with E-state index in [1.54, 1.807) is 36.4 Å². The predicted molar refractivity (Wildman–Crippen MR) is 76.4 cm³/mol. The Kier molecular flexibility index (Phi) is 2.88. The van der Waals surface area contributed by atoms with Crippen molar-refractivity contribution in [1.82, 2.24) is 0 Å². The van der Waals surface area contributed by atoms with Crippen molar-refractivity contribution in [3.8, 4) is 6.07 Å². The van der Waals surface area contributed by atoms with E-state index in [2.05, 4.69) is 15.9 Å². The van der Waals surface area contributed by atoms with Gasteiger partial charge in [-0.2, -0.15) is 5.26 Å². The van der Waals surface area contributed by atoms with E-state index >= 15 is 0 Å². The number of carbonyl (C=O) groups is 2. The molecule has 0 aromatic heterocycles. The van der Waals surface area contributed by atoms with E-state index in [-0.39, 0.29) is 11.8 Å². The molecule has 96 valence electrons. The molecule has 0 aliphatic carbocycles. The summed E-state index contributed by atoms with van der Waals surface area (Å²) in [6.45, 7) is 0. The van der Waals surface area contributed by atoms with Crippen LogP contribution in [0.5, 0.6) is 0 Å². The van der Waals surface area contributed by atoms with Gasteiger partial charge in [-0.05, 0) is 36.4 Å². The Morgan fingerprint density at radius 1 is 1.00 bits per heavy atom. The summed E-state index contributed by atoms with van der Waals surface area (Å²) in [6, 6.07) is 13.4. The number of halogens is 1. The lowest BCUT2D eigenvalue weighted by molar-refractivity contribution is 0.0926. The largest absolute Gasteiger partial charge is 0.268 e. The fourth-order valence-electron chi connectivity index (χ4n) is 2.16. The quantitative estimate of drug-likeness (QED) is 0.756. The number of amides is 2. The van der Waals surface area contributed by atoms with Gasteiger partial charge < -0.3 is 0 Å². The second-order valence-electron chi connectivity index (χ2n) is 4.30. The molecule has 2 amide bonds. The maximum atomic E-state index is 12.4. The number of carbonyl (C=O) groups excluding carboxylic acids is 2. The van der Waals surface area contributed by atoms with Gasteiger partial charge in [0.2, 0.25) is 0 Å². The number of rotatable bonds is 1. The van der Waals surface area contributed by atoms with Crippen LogP contribution in [0.1, 0.15) is 26.3 Å². The van der Waals surface area contributed by atoms with Gasteiger partial charge in [0, 0.05) is 4.47 Å². The van der Waals surface area contributed by atoms with Crippen LogP contribution in [0.2, 0.25) is 0 Å². The number of nitriles is 1. The molecule has 1 heterocycles. The molecule has 0 bridgehead atoms. The summed E-state index contributed by atoms with van der Waals surface area (Å²) in [5.41, 5.74) is 1.55. The lowest BCUT2D eigenvalue weighted by Gasteiger charge is -2.13. The van der Waals surface area contributed by atoms with E-state index in [0.29, 0.717) is 22.4 Å². The molecule has 0 atom stereocenters. The number of anilines is 1. The van der Waals surface area contributed by atoms with E-state index in [4.69, 9.17) is 5.26 Å². The molecule has 0 saturated carbocycles. The Labute approximate surface area is 123 Å². The molecular weight excluding hydrogens is 320 g/mol. The van der Waals surface area contributed by atoms with Gasteiger partial charge in [-0.3, -0.25) is 9.59 Å². The highest BCUT2D eigenvalue weighted by molar-refractivity contribution is 9.10. The molecule has 0 fully saturated rings. The summed E-state index contributed by atoms with van der Waals surface area (Å²) in [5.74, 6) is -0.742. The standard InChI is InChI=1S/C15H7BrN2O2/c16-10-4-5-12-13(7-10)15(20)18(14(12)19)11-3-1-2-9(6-11)8-17/h1-7H. The van der Waals surface area contributed by atoms with E-state index in [9.17, 15) is 9.59 Å². The van der Waals surface area contributed by atoms with Crippen LogP contribution in [0, 0.1) is 11.3 Å². The fraction of sp³-hybridized carbons (Fsp3) is 0. The van der Waals surface area contributed by atoms with Crippen molar-refractivity contribution in [1.29, 1.82) is 5.26 Å². The fourth-order valence-corrected chi connectivity index (χ4v) is 2.52. The van der Waals surface area contributed by atoms with Gasteiger partial charge in [-0.15, -0.1) is 0 Å². The van der Waals surface area contributed by atoms with Gasteiger partial charge in [0.05, 0.1) is 28.4 Å². The van der Waals surface area contributed by atoms with E-state index in [1.165, 1.54) is 6.07 Å². The van der Waals surface area contributed by atoms with Crippen molar-refractivity contribution in [2.24, 2.45) is 0 Å². The first-order valence-electron chi connectivity index (χ1n) is 5.80.